The van der Waals surface area contributed by atoms with Gasteiger partial charge in [0, 0.05) is 22.3 Å². The second-order valence-corrected chi connectivity index (χ2v) is 4.93. The van der Waals surface area contributed by atoms with Crippen LogP contribution in [0.15, 0.2) is 59.0 Å². The summed E-state index contributed by atoms with van der Waals surface area (Å²) >= 11 is 0. The largest absolute Gasteiger partial charge is 0.462 e. The molecule has 3 aromatic rings. The van der Waals surface area contributed by atoms with E-state index in [2.05, 4.69) is 0 Å². The van der Waals surface area contributed by atoms with Crippen molar-refractivity contribution in [1.82, 2.24) is 0 Å². The van der Waals surface area contributed by atoms with E-state index < -0.39 is 0 Å². The third kappa shape index (κ3) is 3.23. The van der Waals surface area contributed by atoms with Gasteiger partial charge in [-0.1, -0.05) is 18.2 Å². The number of carbonyl (C=O) groups is 1. The van der Waals surface area contributed by atoms with Crippen LogP contribution in [0.1, 0.15) is 23.0 Å². The minimum absolute atomic E-state index is 0.326. The highest BCUT2D eigenvalue weighted by Gasteiger charge is 2.13. The van der Waals surface area contributed by atoms with Gasteiger partial charge in [-0.15, -0.1) is 0 Å². The molecule has 5 heteroatoms. The maximum Gasteiger partial charge on any atom is 0.338 e. The molecule has 3 rings (SSSR count). The number of fused-ring (bicyclic) bond motifs is 1. The summed E-state index contributed by atoms with van der Waals surface area (Å²) in [5.74, 6) is 0.146. The van der Waals surface area contributed by atoms with Crippen molar-refractivity contribution in [2.45, 2.75) is 6.92 Å². The highest BCUT2D eigenvalue weighted by atomic mass is 16.5. The fraction of sp³-hybridized carbons (Fsp3) is 0.111. The van der Waals surface area contributed by atoms with Crippen LogP contribution in [0.3, 0.4) is 0 Å². The van der Waals surface area contributed by atoms with E-state index in [0.29, 0.717) is 23.6 Å². The molecule has 0 amide bonds. The first kappa shape index (κ1) is 14.8. The highest BCUT2D eigenvalue weighted by Crippen LogP contribution is 2.18. The van der Waals surface area contributed by atoms with Gasteiger partial charge in [-0.3, -0.25) is 5.21 Å². The highest BCUT2D eigenvalue weighted by molar-refractivity contribution is 5.89. The molecule has 0 aliphatic heterocycles. The molecular formula is C18H16NO4+. The lowest BCUT2D eigenvalue weighted by molar-refractivity contribution is -0.709. The Kier molecular flexibility index (Phi) is 4.10. The van der Waals surface area contributed by atoms with Crippen LogP contribution in [0, 0.1) is 0 Å². The van der Waals surface area contributed by atoms with E-state index in [9.17, 15) is 10.0 Å². The Morgan fingerprint density at radius 3 is 2.65 bits per heavy atom. The van der Waals surface area contributed by atoms with Crippen molar-refractivity contribution in [3.8, 4) is 0 Å². The van der Waals surface area contributed by atoms with Crippen molar-refractivity contribution in [3.63, 3.8) is 0 Å². The van der Waals surface area contributed by atoms with Crippen LogP contribution in [-0.4, -0.2) is 28.7 Å². The van der Waals surface area contributed by atoms with Crippen molar-refractivity contribution >= 4 is 28.8 Å². The molecule has 0 atom stereocenters. The van der Waals surface area contributed by atoms with Gasteiger partial charge in [0.1, 0.15) is 5.58 Å². The Bertz CT molecular complexity index is 829. The fourth-order valence-corrected chi connectivity index (χ4v) is 2.23. The van der Waals surface area contributed by atoms with Crippen LogP contribution < -0.4 is 0 Å². The smallest absolute Gasteiger partial charge is 0.338 e. The molecule has 0 saturated carbocycles. The third-order valence-electron chi connectivity index (χ3n) is 3.34. The SMILES string of the molecule is CCOC(=O)c1ccc(/[N+](O)=C/c2cc3ccccc3o2)cc1. The molecule has 1 aromatic heterocycles. The number of para-hydroxylation sites is 1. The van der Waals surface area contributed by atoms with Gasteiger partial charge in [-0.25, -0.2) is 4.79 Å². The lowest BCUT2D eigenvalue weighted by Crippen LogP contribution is -2.05. The van der Waals surface area contributed by atoms with Crippen molar-refractivity contribution in [2.75, 3.05) is 6.61 Å². The molecule has 5 nitrogen and oxygen atoms in total. The zero-order valence-corrected chi connectivity index (χ0v) is 12.6. The average Bonchev–Trinajstić information content (AvgIpc) is 2.97. The first-order valence-electron chi connectivity index (χ1n) is 7.26. The van der Waals surface area contributed by atoms with E-state index in [1.165, 1.54) is 6.21 Å². The maximum absolute atomic E-state index is 11.6. The Morgan fingerprint density at radius 1 is 1.22 bits per heavy atom. The lowest BCUT2D eigenvalue weighted by Gasteiger charge is -2.00. The molecule has 2 aromatic carbocycles. The van der Waals surface area contributed by atoms with E-state index in [1.54, 1.807) is 31.2 Å². The summed E-state index contributed by atoms with van der Waals surface area (Å²) in [5.41, 5.74) is 1.70. The summed E-state index contributed by atoms with van der Waals surface area (Å²) in [5, 5.41) is 11.1. The van der Waals surface area contributed by atoms with Gasteiger partial charge in [0.05, 0.1) is 12.2 Å². The summed E-state index contributed by atoms with van der Waals surface area (Å²) in [4.78, 5) is 11.6. The first-order chi connectivity index (χ1) is 11.2. The van der Waals surface area contributed by atoms with Crippen LogP contribution in [-0.2, 0) is 4.74 Å². The molecule has 0 spiro atoms. The molecule has 0 unspecified atom stereocenters. The predicted molar refractivity (Wildman–Crippen MR) is 85.5 cm³/mol. The summed E-state index contributed by atoms with van der Waals surface area (Å²) < 4.78 is 11.5. The van der Waals surface area contributed by atoms with E-state index >= 15 is 0 Å². The number of esters is 1. The molecule has 0 fully saturated rings. The predicted octanol–water partition coefficient (Wildman–Crippen LogP) is 3.76. The number of carbonyl (C=O) groups excluding carboxylic acids is 1. The van der Waals surface area contributed by atoms with Crippen molar-refractivity contribution in [2.24, 2.45) is 0 Å². The molecular weight excluding hydrogens is 294 g/mol. The normalized spacial score (nSPS) is 11.6. The van der Waals surface area contributed by atoms with E-state index in [0.717, 1.165) is 15.7 Å². The van der Waals surface area contributed by atoms with Crippen LogP contribution in [0.25, 0.3) is 11.0 Å². The zero-order chi connectivity index (χ0) is 16.2. The molecule has 1 heterocycles. The zero-order valence-electron chi connectivity index (χ0n) is 12.6. The third-order valence-corrected chi connectivity index (χ3v) is 3.34. The van der Waals surface area contributed by atoms with Gasteiger partial charge >= 0.3 is 5.97 Å². The van der Waals surface area contributed by atoms with Gasteiger partial charge in [0.25, 0.3) is 11.9 Å². The molecule has 0 aliphatic carbocycles. The number of hydrogen-bond acceptors (Lipinski definition) is 4. The summed E-state index contributed by atoms with van der Waals surface area (Å²) in [6.07, 6.45) is 1.47. The quantitative estimate of drug-likeness (QED) is 0.262. The standard InChI is InChI=1S/C18H16NO4/c1-2-22-18(20)13-7-9-15(10-8-13)19(21)12-16-11-14-5-3-4-6-17(14)23-16/h3-12,21H,2H2,1H3/q+1/b19-12-. The molecule has 1 N–H and O–H groups in total. The second kappa shape index (κ2) is 6.36. The number of hydrogen-bond donors (Lipinski definition) is 1. The molecule has 0 saturated heterocycles. The average molecular weight is 310 g/mol. The van der Waals surface area contributed by atoms with Gasteiger partial charge in [-0.2, -0.15) is 0 Å². The van der Waals surface area contributed by atoms with E-state index in [4.69, 9.17) is 9.15 Å². The number of benzene rings is 2. The molecule has 0 aliphatic rings. The maximum atomic E-state index is 11.6. The number of furan rings is 1. The minimum Gasteiger partial charge on any atom is -0.462 e. The number of rotatable bonds is 4. The van der Waals surface area contributed by atoms with Gasteiger partial charge in [-0.05, 0) is 31.2 Å². The summed E-state index contributed by atoms with van der Waals surface area (Å²) in [6.45, 7) is 2.08. The Balaban J connectivity index is 1.84. The Morgan fingerprint density at radius 2 is 1.96 bits per heavy atom. The molecule has 116 valence electrons. The number of ether oxygens (including phenoxy) is 1. The van der Waals surface area contributed by atoms with Crippen molar-refractivity contribution < 1.29 is 23.9 Å². The number of nitrogens with zero attached hydrogens (tertiary/aromatic N) is 1. The van der Waals surface area contributed by atoms with Crippen LogP contribution >= 0.6 is 0 Å². The first-order valence-corrected chi connectivity index (χ1v) is 7.26. The van der Waals surface area contributed by atoms with Crippen molar-refractivity contribution in [1.29, 1.82) is 0 Å². The van der Waals surface area contributed by atoms with Gasteiger partial charge in [0.2, 0.25) is 0 Å². The molecule has 0 radical (unpaired) electrons. The minimum atomic E-state index is -0.384. The Labute approximate surface area is 133 Å². The van der Waals surface area contributed by atoms with Crippen LogP contribution in [0.2, 0.25) is 0 Å². The van der Waals surface area contributed by atoms with E-state index in [1.807, 2.05) is 30.3 Å². The van der Waals surface area contributed by atoms with Gasteiger partial charge in [0.15, 0.2) is 5.76 Å². The Hall–Kier alpha value is -3.08. The monoisotopic (exact) mass is 310 g/mol. The molecule has 0 bridgehead atoms. The van der Waals surface area contributed by atoms with Crippen LogP contribution in [0.5, 0.6) is 0 Å². The summed E-state index contributed by atoms with van der Waals surface area (Å²) in [7, 11) is 0. The van der Waals surface area contributed by atoms with Gasteiger partial charge < -0.3 is 9.15 Å². The van der Waals surface area contributed by atoms with Crippen molar-refractivity contribution in [3.05, 3.63) is 65.9 Å². The summed E-state index contributed by atoms with van der Waals surface area (Å²) in [6, 6.07) is 15.9. The second-order valence-electron chi connectivity index (χ2n) is 4.93. The lowest BCUT2D eigenvalue weighted by atomic mass is 10.2. The molecule has 23 heavy (non-hydrogen) atoms. The fourth-order valence-electron chi connectivity index (χ4n) is 2.23. The van der Waals surface area contributed by atoms with Crippen LogP contribution in [0.4, 0.5) is 5.69 Å². The van der Waals surface area contributed by atoms with E-state index in [-0.39, 0.29) is 5.97 Å². The topological polar surface area (TPSA) is 62.7 Å².